The quantitative estimate of drug-likeness (QED) is 0.598. The summed E-state index contributed by atoms with van der Waals surface area (Å²) in [6, 6.07) is 0.508. The molecule has 120 valence electrons. The Kier molecular flexibility index (Phi) is 5.13. The summed E-state index contributed by atoms with van der Waals surface area (Å²) in [5.74, 6) is 0.767. The maximum absolute atomic E-state index is 6.12. The molecule has 2 aromatic heterocycles. The average molecular weight is 322 g/mol. The minimum atomic E-state index is 0.295. The zero-order valence-corrected chi connectivity index (χ0v) is 13.9. The monoisotopic (exact) mass is 321 g/mol. The Hall–Kier alpha value is -1.36. The first kappa shape index (κ1) is 15.5. The third-order valence-electron chi connectivity index (χ3n) is 4.43. The van der Waals surface area contributed by atoms with E-state index in [4.69, 9.17) is 11.6 Å². The Bertz CT molecular complexity index is 618. The second-order valence-electron chi connectivity index (χ2n) is 6.09. The third kappa shape index (κ3) is 3.35. The number of nitrogens with zero attached hydrogens (tertiary/aromatic N) is 4. The molecule has 0 saturated heterocycles. The van der Waals surface area contributed by atoms with E-state index in [2.05, 4.69) is 31.8 Å². The van der Waals surface area contributed by atoms with Crippen molar-refractivity contribution in [3.63, 3.8) is 0 Å². The highest BCUT2D eigenvalue weighted by Gasteiger charge is 2.21. The lowest BCUT2D eigenvalue weighted by atomic mass is 10.2. The molecule has 5 nitrogen and oxygen atoms in total. The maximum atomic E-state index is 6.12. The van der Waals surface area contributed by atoms with Crippen LogP contribution in [0.2, 0.25) is 5.28 Å². The molecule has 22 heavy (non-hydrogen) atoms. The number of aromatic nitrogens is 4. The van der Waals surface area contributed by atoms with Crippen molar-refractivity contribution in [1.82, 2.24) is 19.5 Å². The average Bonchev–Trinajstić information content (AvgIpc) is 3.15. The number of rotatable bonds is 7. The van der Waals surface area contributed by atoms with Gasteiger partial charge < -0.3 is 9.88 Å². The largest absolute Gasteiger partial charge is 0.368 e. The standard InChI is InChI=1S/C16H24ClN5/c1-2-3-4-7-10-18-14-13-15(21-16(17)20-14)22(11-19-13)12-8-5-6-9-12/h11-12H,2-10H2,1H3,(H,18,20,21). The minimum absolute atomic E-state index is 0.295. The van der Waals surface area contributed by atoms with Crippen molar-refractivity contribution in [1.29, 1.82) is 0 Å². The van der Waals surface area contributed by atoms with Gasteiger partial charge in [0.05, 0.1) is 6.33 Å². The molecule has 1 aliphatic rings. The lowest BCUT2D eigenvalue weighted by Gasteiger charge is -2.12. The number of fused-ring (bicyclic) bond motifs is 1. The first-order chi connectivity index (χ1) is 10.8. The van der Waals surface area contributed by atoms with Gasteiger partial charge in [0.1, 0.15) is 0 Å². The van der Waals surface area contributed by atoms with Crippen LogP contribution in [0.1, 0.15) is 64.3 Å². The van der Waals surface area contributed by atoms with Gasteiger partial charge in [0.2, 0.25) is 5.28 Å². The van der Waals surface area contributed by atoms with Crippen LogP contribution >= 0.6 is 11.6 Å². The number of halogens is 1. The van der Waals surface area contributed by atoms with Crippen molar-refractivity contribution in [3.05, 3.63) is 11.6 Å². The second-order valence-corrected chi connectivity index (χ2v) is 6.43. The summed E-state index contributed by atoms with van der Waals surface area (Å²) in [5, 5.41) is 3.67. The van der Waals surface area contributed by atoms with E-state index in [0.717, 1.165) is 29.9 Å². The Morgan fingerprint density at radius 3 is 2.82 bits per heavy atom. The Morgan fingerprint density at radius 2 is 2.05 bits per heavy atom. The van der Waals surface area contributed by atoms with Gasteiger partial charge in [0.25, 0.3) is 0 Å². The Balaban J connectivity index is 1.78. The van der Waals surface area contributed by atoms with E-state index in [1.165, 1.54) is 44.9 Å². The smallest absolute Gasteiger partial charge is 0.226 e. The molecule has 3 rings (SSSR count). The van der Waals surface area contributed by atoms with E-state index < -0.39 is 0 Å². The summed E-state index contributed by atoms with van der Waals surface area (Å²) in [6.45, 7) is 3.12. The molecule has 0 spiro atoms. The number of hydrogen-bond acceptors (Lipinski definition) is 4. The normalized spacial score (nSPS) is 15.7. The van der Waals surface area contributed by atoms with E-state index in [0.29, 0.717) is 11.3 Å². The predicted octanol–water partition coefficient (Wildman–Crippen LogP) is 4.59. The molecule has 1 aliphatic carbocycles. The van der Waals surface area contributed by atoms with Crippen molar-refractivity contribution in [2.45, 2.75) is 64.3 Å². The number of nitrogens with one attached hydrogen (secondary N) is 1. The summed E-state index contributed by atoms with van der Waals surface area (Å²) < 4.78 is 2.18. The molecule has 2 aromatic rings. The van der Waals surface area contributed by atoms with Gasteiger partial charge in [-0.15, -0.1) is 0 Å². The van der Waals surface area contributed by atoms with Crippen molar-refractivity contribution in [2.24, 2.45) is 0 Å². The molecule has 0 atom stereocenters. The lowest BCUT2D eigenvalue weighted by Crippen LogP contribution is -2.07. The topological polar surface area (TPSA) is 55.6 Å². The van der Waals surface area contributed by atoms with Gasteiger partial charge >= 0.3 is 0 Å². The number of imidazole rings is 1. The molecule has 2 heterocycles. The van der Waals surface area contributed by atoms with E-state index >= 15 is 0 Å². The van der Waals surface area contributed by atoms with Crippen LogP contribution in [0.3, 0.4) is 0 Å². The lowest BCUT2D eigenvalue weighted by molar-refractivity contribution is 0.529. The van der Waals surface area contributed by atoms with Crippen molar-refractivity contribution in [2.75, 3.05) is 11.9 Å². The molecular formula is C16H24ClN5. The molecule has 0 aliphatic heterocycles. The van der Waals surface area contributed by atoms with E-state index in [1.807, 2.05) is 6.33 Å². The van der Waals surface area contributed by atoms with Gasteiger partial charge in [0.15, 0.2) is 17.0 Å². The molecule has 0 amide bonds. The highest BCUT2D eigenvalue weighted by molar-refractivity contribution is 6.28. The summed E-state index contributed by atoms with van der Waals surface area (Å²) in [7, 11) is 0. The fourth-order valence-electron chi connectivity index (χ4n) is 3.22. The van der Waals surface area contributed by atoms with Crippen LogP contribution in [-0.4, -0.2) is 26.1 Å². The maximum Gasteiger partial charge on any atom is 0.226 e. The van der Waals surface area contributed by atoms with Gasteiger partial charge in [-0.1, -0.05) is 39.0 Å². The molecule has 0 bridgehead atoms. The number of unbranched alkanes of at least 4 members (excludes halogenated alkanes) is 3. The van der Waals surface area contributed by atoms with Crippen LogP contribution in [0.4, 0.5) is 5.82 Å². The molecule has 1 saturated carbocycles. The fourth-order valence-corrected chi connectivity index (χ4v) is 3.39. The Morgan fingerprint density at radius 1 is 1.23 bits per heavy atom. The van der Waals surface area contributed by atoms with E-state index in [-0.39, 0.29) is 0 Å². The zero-order valence-electron chi connectivity index (χ0n) is 13.2. The third-order valence-corrected chi connectivity index (χ3v) is 4.60. The van der Waals surface area contributed by atoms with E-state index in [9.17, 15) is 0 Å². The molecule has 0 unspecified atom stereocenters. The summed E-state index contributed by atoms with van der Waals surface area (Å²) >= 11 is 6.12. The van der Waals surface area contributed by atoms with Crippen molar-refractivity contribution >= 4 is 28.6 Å². The number of anilines is 1. The molecule has 0 aromatic carbocycles. The summed E-state index contributed by atoms with van der Waals surface area (Å²) in [6.07, 6.45) is 11.8. The van der Waals surface area contributed by atoms with E-state index in [1.54, 1.807) is 0 Å². The highest BCUT2D eigenvalue weighted by Crippen LogP contribution is 2.32. The van der Waals surface area contributed by atoms with Gasteiger partial charge in [-0.3, -0.25) is 0 Å². The van der Waals surface area contributed by atoms with Crippen LogP contribution in [0, 0.1) is 0 Å². The van der Waals surface area contributed by atoms with Crippen LogP contribution in [0.15, 0.2) is 6.33 Å². The SMILES string of the molecule is CCCCCCNc1nc(Cl)nc2c1ncn2C1CCCC1. The van der Waals surface area contributed by atoms with Crippen LogP contribution in [-0.2, 0) is 0 Å². The van der Waals surface area contributed by atoms with Crippen LogP contribution in [0.25, 0.3) is 11.2 Å². The van der Waals surface area contributed by atoms with Gasteiger partial charge in [0, 0.05) is 12.6 Å². The summed E-state index contributed by atoms with van der Waals surface area (Å²) in [5.41, 5.74) is 1.70. The number of hydrogen-bond donors (Lipinski definition) is 1. The van der Waals surface area contributed by atoms with Crippen molar-refractivity contribution < 1.29 is 0 Å². The summed E-state index contributed by atoms with van der Waals surface area (Å²) in [4.78, 5) is 13.3. The highest BCUT2D eigenvalue weighted by atomic mass is 35.5. The van der Waals surface area contributed by atoms with Gasteiger partial charge in [-0.05, 0) is 30.9 Å². The minimum Gasteiger partial charge on any atom is -0.368 e. The molecule has 1 N–H and O–H groups in total. The predicted molar refractivity (Wildman–Crippen MR) is 90.5 cm³/mol. The Labute approximate surface area is 136 Å². The first-order valence-electron chi connectivity index (χ1n) is 8.43. The van der Waals surface area contributed by atoms with Gasteiger partial charge in [-0.2, -0.15) is 9.97 Å². The van der Waals surface area contributed by atoms with Crippen LogP contribution < -0.4 is 5.32 Å². The van der Waals surface area contributed by atoms with Crippen LogP contribution in [0.5, 0.6) is 0 Å². The first-order valence-corrected chi connectivity index (χ1v) is 8.81. The zero-order chi connectivity index (χ0) is 15.4. The second kappa shape index (κ2) is 7.27. The molecule has 0 radical (unpaired) electrons. The molecular weight excluding hydrogens is 298 g/mol. The molecule has 6 heteroatoms. The molecule has 1 fully saturated rings. The fraction of sp³-hybridized carbons (Fsp3) is 0.688. The van der Waals surface area contributed by atoms with Crippen molar-refractivity contribution in [3.8, 4) is 0 Å². The van der Waals surface area contributed by atoms with Gasteiger partial charge in [-0.25, -0.2) is 4.98 Å².